The van der Waals surface area contributed by atoms with Crippen LogP contribution in [0.5, 0.6) is 11.5 Å². The summed E-state index contributed by atoms with van der Waals surface area (Å²) in [6.07, 6.45) is 0.686. The second kappa shape index (κ2) is 8.12. The Morgan fingerprint density at radius 3 is 2.72 bits per heavy atom. The zero-order valence-electron chi connectivity index (χ0n) is 14.0. The normalized spacial score (nSPS) is 13.8. The molecule has 1 atom stereocenters. The van der Waals surface area contributed by atoms with E-state index < -0.39 is 0 Å². The highest BCUT2D eigenvalue weighted by Gasteiger charge is 2.15. The van der Waals surface area contributed by atoms with Crippen molar-refractivity contribution in [1.29, 1.82) is 0 Å². The fourth-order valence-corrected chi connectivity index (χ4v) is 2.90. The van der Waals surface area contributed by atoms with E-state index in [0.29, 0.717) is 31.2 Å². The molecule has 0 radical (unpaired) electrons. The molecule has 0 aromatic heterocycles. The van der Waals surface area contributed by atoms with E-state index in [-0.39, 0.29) is 12.1 Å². The number of carbonyl (C=O) groups is 1. The van der Waals surface area contributed by atoms with Gasteiger partial charge in [-0.3, -0.25) is 0 Å². The lowest BCUT2D eigenvalue weighted by molar-refractivity contribution is 0.171. The molecule has 0 saturated heterocycles. The quantitative estimate of drug-likeness (QED) is 0.854. The summed E-state index contributed by atoms with van der Waals surface area (Å²) in [4.78, 5) is 12.1. The van der Waals surface area contributed by atoms with Crippen LogP contribution in [0.2, 0.25) is 5.02 Å². The van der Waals surface area contributed by atoms with E-state index in [1.54, 1.807) is 0 Å². The maximum absolute atomic E-state index is 12.1. The summed E-state index contributed by atoms with van der Waals surface area (Å²) in [7, 11) is 0. The van der Waals surface area contributed by atoms with Crippen LogP contribution in [0.25, 0.3) is 0 Å². The van der Waals surface area contributed by atoms with Crippen molar-refractivity contribution in [2.75, 3.05) is 19.8 Å². The van der Waals surface area contributed by atoms with E-state index in [2.05, 4.69) is 10.6 Å². The van der Waals surface area contributed by atoms with Crippen molar-refractivity contribution in [2.45, 2.75) is 19.4 Å². The first kappa shape index (κ1) is 17.4. The molecule has 2 aromatic rings. The molecule has 0 fully saturated rings. The van der Waals surface area contributed by atoms with E-state index in [1.165, 1.54) is 0 Å². The Morgan fingerprint density at radius 1 is 1.16 bits per heavy atom. The standard InChI is InChI=1S/C19H21ClN2O3/c1-13(15-6-7-17-18(12-15)25-11-10-24-17)22-19(23)21-9-8-14-4-2-3-5-16(14)20/h2-7,12-13H,8-11H2,1H3,(H2,21,22,23). The fraction of sp³-hybridized carbons (Fsp3) is 0.316. The minimum absolute atomic E-state index is 0.142. The number of carbonyl (C=O) groups excluding carboxylic acids is 1. The molecule has 1 unspecified atom stereocenters. The highest BCUT2D eigenvalue weighted by atomic mass is 35.5. The molecule has 5 nitrogen and oxygen atoms in total. The van der Waals surface area contributed by atoms with Gasteiger partial charge in [-0.15, -0.1) is 0 Å². The number of ether oxygens (including phenoxy) is 2. The Bertz CT molecular complexity index is 751. The Hall–Kier alpha value is -2.40. The number of nitrogens with one attached hydrogen (secondary N) is 2. The average molecular weight is 361 g/mol. The summed E-state index contributed by atoms with van der Waals surface area (Å²) in [5, 5.41) is 6.50. The van der Waals surface area contributed by atoms with Gasteiger partial charge >= 0.3 is 6.03 Å². The molecule has 0 aliphatic carbocycles. The molecule has 2 aromatic carbocycles. The highest BCUT2D eigenvalue weighted by molar-refractivity contribution is 6.31. The first-order valence-electron chi connectivity index (χ1n) is 8.31. The monoisotopic (exact) mass is 360 g/mol. The van der Waals surface area contributed by atoms with Gasteiger partial charge in [0.1, 0.15) is 13.2 Å². The smallest absolute Gasteiger partial charge is 0.315 e. The van der Waals surface area contributed by atoms with E-state index in [9.17, 15) is 4.79 Å². The fourth-order valence-electron chi connectivity index (χ4n) is 2.67. The van der Waals surface area contributed by atoms with E-state index in [4.69, 9.17) is 21.1 Å². The molecule has 25 heavy (non-hydrogen) atoms. The van der Waals surface area contributed by atoms with E-state index in [1.807, 2.05) is 49.4 Å². The predicted molar refractivity (Wildman–Crippen MR) is 97.5 cm³/mol. The molecule has 0 spiro atoms. The Kier molecular flexibility index (Phi) is 5.66. The van der Waals surface area contributed by atoms with Crippen LogP contribution in [0, 0.1) is 0 Å². The van der Waals surface area contributed by atoms with Gasteiger partial charge in [0, 0.05) is 11.6 Å². The molecule has 1 heterocycles. The van der Waals surface area contributed by atoms with Gasteiger partial charge in [0.05, 0.1) is 6.04 Å². The summed E-state index contributed by atoms with van der Waals surface area (Å²) < 4.78 is 11.1. The predicted octanol–water partition coefficient (Wildman–Crippen LogP) is 3.71. The molecular weight excluding hydrogens is 340 g/mol. The summed E-state index contributed by atoms with van der Waals surface area (Å²) in [6, 6.07) is 13.0. The number of rotatable bonds is 5. The number of urea groups is 1. The highest BCUT2D eigenvalue weighted by Crippen LogP contribution is 2.32. The van der Waals surface area contributed by atoms with Gasteiger partial charge < -0.3 is 20.1 Å². The molecule has 3 rings (SSSR count). The minimum atomic E-state index is -0.213. The zero-order valence-corrected chi connectivity index (χ0v) is 14.8. The van der Waals surface area contributed by atoms with Crippen LogP contribution in [0.4, 0.5) is 4.79 Å². The van der Waals surface area contributed by atoms with Crippen molar-refractivity contribution in [3.8, 4) is 11.5 Å². The largest absolute Gasteiger partial charge is 0.486 e. The third-order valence-electron chi connectivity index (χ3n) is 4.05. The van der Waals surface area contributed by atoms with Gasteiger partial charge in [0.25, 0.3) is 0 Å². The number of hydrogen-bond acceptors (Lipinski definition) is 3. The van der Waals surface area contributed by atoms with Crippen molar-refractivity contribution < 1.29 is 14.3 Å². The molecule has 1 aliphatic rings. The van der Waals surface area contributed by atoms with Crippen LogP contribution in [0.3, 0.4) is 0 Å². The second-order valence-corrected chi connectivity index (χ2v) is 6.27. The first-order chi connectivity index (χ1) is 12.1. The van der Waals surface area contributed by atoms with Gasteiger partial charge in [0.2, 0.25) is 0 Å². The molecule has 2 amide bonds. The molecule has 132 valence electrons. The topological polar surface area (TPSA) is 59.6 Å². The molecule has 0 saturated carbocycles. The number of hydrogen-bond donors (Lipinski definition) is 2. The Balaban J connectivity index is 1.50. The Morgan fingerprint density at radius 2 is 1.92 bits per heavy atom. The van der Waals surface area contributed by atoms with Crippen LogP contribution in [-0.2, 0) is 6.42 Å². The van der Waals surface area contributed by atoms with Crippen molar-refractivity contribution in [3.05, 3.63) is 58.6 Å². The maximum Gasteiger partial charge on any atom is 0.315 e. The van der Waals surface area contributed by atoms with Crippen molar-refractivity contribution in [3.63, 3.8) is 0 Å². The molecule has 6 heteroatoms. The second-order valence-electron chi connectivity index (χ2n) is 5.87. The summed E-state index contributed by atoms with van der Waals surface area (Å²) in [6.45, 7) is 3.55. The summed E-state index contributed by atoms with van der Waals surface area (Å²) in [5.41, 5.74) is 1.98. The van der Waals surface area contributed by atoms with Crippen molar-refractivity contribution >= 4 is 17.6 Å². The lowest BCUT2D eigenvalue weighted by Crippen LogP contribution is -2.38. The van der Waals surface area contributed by atoms with Gasteiger partial charge in [-0.2, -0.15) is 0 Å². The van der Waals surface area contributed by atoms with Crippen LogP contribution in [-0.4, -0.2) is 25.8 Å². The van der Waals surface area contributed by atoms with Crippen molar-refractivity contribution in [1.82, 2.24) is 10.6 Å². The number of halogens is 1. The zero-order chi connectivity index (χ0) is 17.6. The summed E-state index contributed by atoms with van der Waals surface area (Å²) >= 11 is 6.11. The Labute approximate surface area is 152 Å². The minimum Gasteiger partial charge on any atom is -0.486 e. The first-order valence-corrected chi connectivity index (χ1v) is 8.68. The van der Waals surface area contributed by atoms with Crippen LogP contribution < -0.4 is 20.1 Å². The number of fused-ring (bicyclic) bond motifs is 1. The van der Waals surface area contributed by atoms with Gasteiger partial charge in [-0.1, -0.05) is 35.9 Å². The molecule has 1 aliphatic heterocycles. The third kappa shape index (κ3) is 4.57. The third-order valence-corrected chi connectivity index (χ3v) is 4.42. The number of amides is 2. The lowest BCUT2D eigenvalue weighted by atomic mass is 10.1. The van der Waals surface area contributed by atoms with Crippen molar-refractivity contribution in [2.24, 2.45) is 0 Å². The SMILES string of the molecule is CC(NC(=O)NCCc1ccccc1Cl)c1ccc2c(c1)OCCO2. The lowest BCUT2D eigenvalue weighted by Gasteiger charge is -2.21. The molecular formula is C19H21ClN2O3. The van der Waals surface area contributed by atoms with Crippen LogP contribution in [0.1, 0.15) is 24.1 Å². The van der Waals surface area contributed by atoms with E-state index in [0.717, 1.165) is 22.6 Å². The van der Waals surface area contributed by atoms with Gasteiger partial charge in [-0.05, 0) is 42.7 Å². The number of benzene rings is 2. The molecule has 2 N–H and O–H groups in total. The maximum atomic E-state index is 12.1. The van der Waals surface area contributed by atoms with Gasteiger partial charge in [-0.25, -0.2) is 4.79 Å². The van der Waals surface area contributed by atoms with Crippen LogP contribution in [0.15, 0.2) is 42.5 Å². The summed E-state index contributed by atoms with van der Waals surface area (Å²) in [5.74, 6) is 1.46. The average Bonchev–Trinajstić information content (AvgIpc) is 2.63. The van der Waals surface area contributed by atoms with Crippen LogP contribution >= 0.6 is 11.6 Å². The molecule has 0 bridgehead atoms. The van der Waals surface area contributed by atoms with E-state index >= 15 is 0 Å². The van der Waals surface area contributed by atoms with Gasteiger partial charge in [0.15, 0.2) is 11.5 Å².